The minimum absolute atomic E-state index is 0.219. The molecule has 8 heteroatoms. The second-order valence-electron chi connectivity index (χ2n) is 7.00. The normalized spacial score (nSPS) is 13.2. The molecule has 0 aliphatic carbocycles. The lowest BCUT2D eigenvalue weighted by atomic mass is 10.0. The SMILES string of the molecule is CC(=O)C(C(C)=O)N1C(=O)COc2ccc(-c3nc(-c4ccccn4)sc3C)cc21. The zero-order chi connectivity index (χ0) is 21.4. The predicted molar refractivity (Wildman–Crippen MR) is 114 cm³/mol. The number of rotatable bonds is 5. The molecule has 1 amide bonds. The topological polar surface area (TPSA) is 89.5 Å². The molecule has 3 heterocycles. The van der Waals surface area contributed by atoms with Crippen LogP contribution in [0.5, 0.6) is 5.75 Å². The van der Waals surface area contributed by atoms with Crippen molar-refractivity contribution in [1.29, 1.82) is 0 Å². The van der Waals surface area contributed by atoms with Crippen molar-refractivity contribution in [3.8, 4) is 27.7 Å². The van der Waals surface area contributed by atoms with Crippen LogP contribution in [0.25, 0.3) is 22.0 Å². The number of amides is 1. The molecule has 7 nitrogen and oxygen atoms in total. The van der Waals surface area contributed by atoms with E-state index in [1.807, 2.05) is 31.2 Å². The van der Waals surface area contributed by atoms with Gasteiger partial charge in [-0.3, -0.25) is 24.3 Å². The molecule has 0 fully saturated rings. The molecule has 0 saturated carbocycles. The Hall–Kier alpha value is -3.39. The highest BCUT2D eigenvalue weighted by atomic mass is 32.1. The molecule has 0 saturated heterocycles. The van der Waals surface area contributed by atoms with Gasteiger partial charge in [0.25, 0.3) is 5.91 Å². The molecular weight excluding hydrogens is 402 g/mol. The molecule has 0 atom stereocenters. The largest absolute Gasteiger partial charge is 0.482 e. The van der Waals surface area contributed by atoms with Crippen LogP contribution in [0, 0.1) is 6.92 Å². The van der Waals surface area contributed by atoms with Gasteiger partial charge in [-0.25, -0.2) is 4.98 Å². The molecule has 0 radical (unpaired) electrons. The Morgan fingerprint density at radius 3 is 2.60 bits per heavy atom. The van der Waals surface area contributed by atoms with Gasteiger partial charge in [-0.1, -0.05) is 6.07 Å². The van der Waals surface area contributed by atoms with Crippen molar-refractivity contribution < 1.29 is 19.1 Å². The van der Waals surface area contributed by atoms with Crippen molar-refractivity contribution in [3.05, 3.63) is 47.5 Å². The average molecular weight is 421 g/mol. The van der Waals surface area contributed by atoms with Gasteiger partial charge >= 0.3 is 0 Å². The van der Waals surface area contributed by atoms with Gasteiger partial charge in [0.2, 0.25) is 0 Å². The second kappa shape index (κ2) is 7.79. The summed E-state index contributed by atoms with van der Waals surface area (Å²) in [6.07, 6.45) is 1.72. The second-order valence-corrected chi connectivity index (χ2v) is 8.20. The number of fused-ring (bicyclic) bond motifs is 1. The summed E-state index contributed by atoms with van der Waals surface area (Å²) in [4.78, 5) is 48.2. The number of ketones is 2. The number of hydrogen-bond donors (Lipinski definition) is 0. The lowest BCUT2D eigenvalue weighted by Gasteiger charge is -2.33. The fourth-order valence-corrected chi connectivity index (χ4v) is 4.43. The maximum Gasteiger partial charge on any atom is 0.266 e. The lowest BCUT2D eigenvalue weighted by Crippen LogP contribution is -2.52. The summed E-state index contributed by atoms with van der Waals surface area (Å²) in [5, 5.41) is 0.787. The Morgan fingerprint density at radius 2 is 1.93 bits per heavy atom. The number of ether oxygens (including phenoxy) is 1. The number of carbonyl (C=O) groups excluding carboxylic acids is 3. The quantitative estimate of drug-likeness (QED) is 0.586. The third kappa shape index (κ3) is 3.50. The number of hydrogen-bond acceptors (Lipinski definition) is 7. The van der Waals surface area contributed by atoms with Crippen molar-refractivity contribution in [2.24, 2.45) is 0 Å². The summed E-state index contributed by atoms with van der Waals surface area (Å²) in [5.41, 5.74) is 2.69. The fraction of sp³-hybridized carbons (Fsp3) is 0.227. The van der Waals surface area contributed by atoms with Gasteiger partial charge in [0.1, 0.15) is 10.8 Å². The molecule has 152 valence electrons. The van der Waals surface area contributed by atoms with Crippen LogP contribution >= 0.6 is 11.3 Å². The average Bonchev–Trinajstić information content (AvgIpc) is 3.11. The first kappa shape index (κ1) is 19.9. The van der Waals surface area contributed by atoms with Crippen molar-refractivity contribution in [2.75, 3.05) is 11.5 Å². The molecule has 1 aromatic carbocycles. The van der Waals surface area contributed by atoms with Gasteiger partial charge in [-0.2, -0.15) is 0 Å². The molecular formula is C22H19N3O4S. The monoisotopic (exact) mass is 421 g/mol. The Labute approximate surface area is 177 Å². The minimum Gasteiger partial charge on any atom is -0.482 e. The van der Waals surface area contributed by atoms with E-state index in [9.17, 15) is 14.4 Å². The maximum atomic E-state index is 12.6. The minimum atomic E-state index is -1.17. The highest BCUT2D eigenvalue weighted by molar-refractivity contribution is 7.15. The Balaban J connectivity index is 1.81. The number of nitrogens with zero attached hydrogens (tertiary/aromatic N) is 3. The molecule has 1 aliphatic rings. The van der Waals surface area contributed by atoms with E-state index in [0.717, 1.165) is 26.8 Å². The lowest BCUT2D eigenvalue weighted by molar-refractivity contribution is -0.131. The molecule has 0 N–H and O–H groups in total. The standard InChI is InChI=1S/C22H19N3O4S/c1-12(26)21(13(2)27)25-17-10-15(7-8-18(17)29-11-19(25)28)20-14(3)30-22(24-20)16-6-4-5-9-23-16/h4-10,21H,11H2,1-3H3. The van der Waals surface area contributed by atoms with E-state index in [0.29, 0.717) is 11.4 Å². The van der Waals surface area contributed by atoms with Crippen LogP contribution in [0.15, 0.2) is 42.6 Å². The molecule has 0 bridgehead atoms. The summed E-state index contributed by atoms with van der Waals surface area (Å²) in [6.45, 7) is 4.36. The molecule has 1 aliphatic heterocycles. The van der Waals surface area contributed by atoms with Crippen LogP contribution in [0.1, 0.15) is 18.7 Å². The highest BCUT2D eigenvalue weighted by Crippen LogP contribution is 2.39. The van der Waals surface area contributed by atoms with Crippen molar-refractivity contribution >= 4 is 34.5 Å². The Morgan fingerprint density at radius 1 is 1.17 bits per heavy atom. The first-order valence-corrected chi connectivity index (χ1v) is 10.2. The fourth-order valence-electron chi connectivity index (χ4n) is 3.51. The zero-order valence-electron chi connectivity index (χ0n) is 16.7. The van der Waals surface area contributed by atoms with Crippen molar-refractivity contribution in [2.45, 2.75) is 26.8 Å². The first-order valence-electron chi connectivity index (χ1n) is 9.36. The van der Waals surface area contributed by atoms with E-state index < -0.39 is 23.5 Å². The Bertz CT molecular complexity index is 1140. The summed E-state index contributed by atoms with van der Waals surface area (Å²) in [7, 11) is 0. The smallest absolute Gasteiger partial charge is 0.266 e. The number of anilines is 1. The van der Waals surface area contributed by atoms with Crippen LogP contribution in [0.4, 0.5) is 5.69 Å². The van der Waals surface area contributed by atoms with E-state index >= 15 is 0 Å². The van der Waals surface area contributed by atoms with Crippen LogP contribution in [-0.2, 0) is 14.4 Å². The van der Waals surface area contributed by atoms with Crippen LogP contribution < -0.4 is 9.64 Å². The van der Waals surface area contributed by atoms with E-state index in [1.165, 1.54) is 30.1 Å². The number of carbonyl (C=O) groups is 3. The molecule has 0 unspecified atom stereocenters. The van der Waals surface area contributed by atoms with Gasteiger partial charge in [-0.15, -0.1) is 11.3 Å². The summed E-state index contributed by atoms with van der Waals surface area (Å²) in [5.74, 6) is -0.768. The van der Waals surface area contributed by atoms with E-state index in [1.54, 1.807) is 18.3 Å². The van der Waals surface area contributed by atoms with Crippen LogP contribution in [-0.4, -0.2) is 40.1 Å². The zero-order valence-corrected chi connectivity index (χ0v) is 17.5. The number of thiazole rings is 1. The molecule has 2 aromatic heterocycles. The maximum absolute atomic E-state index is 12.6. The van der Waals surface area contributed by atoms with Gasteiger partial charge < -0.3 is 4.74 Å². The number of aromatic nitrogens is 2. The third-order valence-corrected chi connectivity index (χ3v) is 5.81. The van der Waals surface area contributed by atoms with E-state index in [4.69, 9.17) is 9.72 Å². The number of aryl methyl sites for hydroxylation is 1. The van der Waals surface area contributed by atoms with Gasteiger partial charge in [0, 0.05) is 16.6 Å². The summed E-state index contributed by atoms with van der Waals surface area (Å²) in [6, 6.07) is 9.82. The highest BCUT2D eigenvalue weighted by Gasteiger charge is 2.37. The number of pyridine rings is 1. The van der Waals surface area contributed by atoms with Gasteiger partial charge in [0.05, 0.1) is 17.1 Å². The third-order valence-electron chi connectivity index (χ3n) is 4.82. The number of Topliss-reactive ketones (excluding diaryl/α,β-unsaturated/α-hetero) is 2. The predicted octanol–water partition coefficient (Wildman–Crippen LogP) is 3.45. The molecule has 4 rings (SSSR count). The first-order chi connectivity index (χ1) is 14.4. The van der Waals surface area contributed by atoms with Crippen LogP contribution in [0.2, 0.25) is 0 Å². The van der Waals surface area contributed by atoms with Crippen molar-refractivity contribution in [3.63, 3.8) is 0 Å². The van der Waals surface area contributed by atoms with Gasteiger partial charge in [0.15, 0.2) is 24.2 Å². The van der Waals surface area contributed by atoms with E-state index in [2.05, 4.69) is 4.98 Å². The summed E-state index contributed by atoms with van der Waals surface area (Å²) >= 11 is 1.52. The van der Waals surface area contributed by atoms with Crippen molar-refractivity contribution in [1.82, 2.24) is 9.97 Å². The van der Waals surface area contributed by atoms with Gasteiger partial charge in [-0.05, 0) is 51.1 Å². The Kier molecular flexibility index (Phi) is 5.17. The summed E-state index contributed by atoms with van der Waals surface area (Å²) < 4.78 is 5.53. The van der Waals surface area contributed by atoms with Crippen LogP contribution in [0.3, 0.4) is 0 Å². The number of benzene rings is 1. The molecule has 30 heavy (non-hydrogen) atoms. The van der Waals surface area contributed by atoms with E-state index in [-0.39, 0.29) is 6.61 Å². The molecule has 3 aromatic rings. The molecule has 0 spiro atoms.